The maximum atomic E-state index is 13.0. The van der Waals surface area contributed by atoms with Crippen molar-refractivity contribution in [2.75, 3.05) is 109 Å². The number of hydrogen-bond donors (Lipinski definition) is 6. The highest BCUT2D eigenvalue weighted by atomic mass is 33.1. The van der Waals surface area contributed by atoms with Gasteiger partial charge < -0.3 is 35.7 Å². The fraction of sp³-hybridized carbons (Fsp3) is 0.562. The lowest BCUT2D eigenvalue weighted by atomic mass is 10.1. The fourth-order valence-corrected chi connectivity index (χ4v) is 7.32. The first-order valence-electron chi connectivity index (χ1n) is 16.7. The van der Waals surface area contributed by atoms with Crippen LogP contribution in [0.25, 0.3) is 10.9 Å². The summed E-state index contributed by atoms with van der Waals surface area (Å²) in [5.41, 5.74) is 1.59. The van der Waals surface area contributed by atoms with Crippen molar-refractivity contribution in [1.82, 2.24) is 29.9 Å². The Labute approximate surface area is 309 Å². The zero-order valence-electron chi connectivity index (χ0n) is 29.6. The normalized spacial score (nSPS) is 15.4. The number of carboxylic acid groups (broad SMARTS) is 3. The van der Waals surface area contributed by atoms with Gasteiger partial charge in [0.1, 0.15) is 6.04 Å². The highest BCUT2D eigenvalue weighted by molar-refractivity contribution is 8.71. The van der Waals surface area contributed by atoms with Crippen molar-refractivity contribution < 1.29 is 52.4 Å². The first kappa shape index (κ1) is 43.3. The van der Waals surface area contributed by atoms with Crippen molar-refractivity contribution in [2.24, 2.45) is 0 Å². The average Bonchev–Trinajstić information content (AvgIpc) is 3.15. The van der Waals surface area contributed by atoms with Crippen molar-refractivity contribution >= 4 is 66.0 Å². The summed E-state index contributed by atoms with van der Waals surface area (Å²) >= 11 is 0. The number of carbonyl (C=O) groups excluding carboxylic acids is 2. The molecule has 294 valence electrons. The van der Waals surface area contributed by atoms with Crippen molar-refractivity contribution in [2.45, 2.75) is 13.0 Å². The standard InChI is InChI=1S/C32H47N7O12S2/c1-22-15-23(16-25-24(22)3-4-27(40)34-25)33-28(41)17-38(19-30(43)44)9-7-36-5-6-37(12-14-51-13-11-36)8-10-39(20-31(45)46)18-29(42)35-26(32(47)48)21-52-53(2,49)50/h3-4,15-16,26H,5-14,17-21H2,1-2H3,(H,33,41)(H,34,40)(H,35,42)(H,43,44)(H,45,46)(H,47,48). The Bertz CT molecular complexity index is 1770. The van der Waals surface area contributed by atoms with Gasteiger partial charge in [0.25, 0.3) is 0 Å². The molecule has 1 unspecified atom stereocenters. The number of nitrogens with zero attached hydrogens (tertiary/aromatic N) is 4. The number of nitrogens with one attached hydrogen (secondary N) is 3. The van der Waals surface area contributed by atoms with Crippen molar-refractivity contribution in [1.29, 1.82) is 0 Å². The topological polar surface area (TPSA) is 259 Å². The maximum Gasteiger partial charge on any atom is 0.327 e. The van der Waals surface area contributed by atoms with E-state index < -0.39 is 63.5 Å². The Balaban J connectivity index is 1.55. The van der Waals surface area contributed by atoms with Crippen molar-refractivity contribution in [3.8, 4) is 0 Å². The first-order chi connectivity index (χ1) is 25.0. The number of carbonyl (C=O) groups is 5. The number of aryl methyl sites for hydroxylation is 1. The van der Waals surface area contributed by atoms with E-state index in [1.54, 1.807) is 18.2 Å². The molecule has 21 heteroatoms. The number of ether oxygens (including phenoxy) is 1. The second-order valence-corrected chi connectivity index (χ2v) is 17.1. The molecule has 1 aromatic heterocycles. The van der Waals surface area contributed by atoms with E-state index in [9.17, 15) is 52.5 Å². The third kappa shape index (κ3) is 16.6. The second-order valence-electron chi connectivity index (χ2n) is 12.6. The van der Waals surface area contributed by atoms with Gasteiger partial charge in [0.2, 0.25) is 17.4 Å². The van der Waals surface area contributed by atoms with E-state index in [-0.39, 0.29) is 31.7 Å². The smallest absolute Gasteiger partial charge is 0.327 e. The van der Waals surface area contributed by atoms with Gasteiger partial charge in [-0.3, -0.25) is 43.6 Å². The Morgan fingerprint density at radius 2 is 1.45 bits per heavy atom. The number of hydrogen-bond acceptors (Lipinski definition) is 14. The summed E-state index contributed by atoms with van der Waals surface area (Å²) in [5, 5.41) is 34.2. The molecule has 3 rings (SSSR count). The number of aromatic nitrogens is 1. The summed E-state index contributed by atoms with van der Waals surface area (Å²) in [7, 11) is -3.18. The molecule has 0 spiro atoms. The molecule has 19 nitrogen and oxygen atoms in total. The molecular formula is C32H47N7O12S2. The van der Waals surface area contributed by atoms with Gasteiger partial charge in [0.15, 0.2) is 8.87 Å². The molecule has 6 N–H and O–H groups in total. The molecule has 1 aliphatic heterocycles. The van der Waals surface area contributed by atoms with Crippen molar-refractivity contribution in [3.63, 3.8) is 0 Å². The number of rotatable bonds is 20. The predicted molar refractivity (Wildman–Crippen MR) is 197 cm³/mol. The van der Waals surface area contributed by atoms with Crippen LogP contribution < -0.4 is 16.2 Å². The Morgan fingerprint density at radius 3 is 1.98 bits per heavy atom. The molecular weight excluding hydrogens is 739 g/mol. The van der Waals surface area contributed by atoms with Crippen LogP contribution >= 0.6 is 10.8 Å². The van der Waals surface area contributed by atoms with Gasteiger partial charge >= 0.3 is 17.9 Å². The molecule has 0 radical (unpaired) electrons. The number of anilines is 1. The number of H-pyrrole nitrogens is 1. The van der Waals surface area contributed by atoms with E-state index in [4.69, 9.17) is 4.74 Å². The first-order valence-corrected chi connectivity index (χ1v) is 20.1. The van der Waals surface area contributed by atoms with E-state index >= 15 is 0 Å². The summed E-state index contributed by atoms with van der Waals surface area (Å²) < 4.78 is 28.6. The molecule has 53 heavy (non-hydrogen) atoms. The third-order valence-corrected chi connectivity index (χ3v) is 10.8. The molecule has 2 aromatic rings. The minimum Gasteiger partial charge on any atom is -0.480 e. The number of benzene rings is 1. The van der Waals surface area contributed by atoms with Crippen LogP contribution in [0.1, 0.15) is 5.56 Å². The van der Waals surface area contributed by atoms with Gasteiger partial charge in [0, 0.05) is 81.5 Å². The number of amides is 2. The predicted octanol–water partition coefficient (Wildman–Crippen LogP) is -1.56. The van der Waals surface area contributed by atoms with Crippen LogP contribution in [-0.2, 0) is 37.6 Å². The van der Waals surface area contributed by atoms with Gasteiger partial charge in [-0.1, -0.05) is 0 Å². The molecule has 1 aliphatic rings. The van der Waals surface area contributed by atoms with Gasteiger partial charge in [-0.05, 0) is 41.5 Å². The lowest BCUT2D eigenvalue weighted by Crippen LogP contribution is -2.49. The quantitative estimate of drug-likeness (QED) is 0.0830. The van der Waals surface area contributed by atoms with Crippen molar-refractivity contribution in [3.05, 3.63) is 40.2 Å². The number of fused-ring (bicyclic) bond motifs is 1. The molecule has 2 amide bonds. The molecule has 1 atom stereocenters. The lowest BCUT2D eigenvalue weighted by molar-refractivity contribution is -0.142. The van der Waals surface area contributed by atoms with Gasteiger partial charge in [-0.25, -0.2) is 13.2 Å². The zero-order chi connectivity index (χ0) is 39.1. The van der Waals surface area contributed by atoms with E-state index in [1.807, 2.05) is 11.8 Å². The molecule has 1 aromatic carbocycles. The molecule has 0 bridgehead atoms. The Morgan fingerprint density at radius 1 is 0.887 bits per heavy atom. The van der Waals surface area contributed by atoms with Crippen LogP contribution in [0.3, 0.4) is 0 Å². The lowest BCUT2D eigenvalue weighted by Gasteiger charge is -2.29. The minimum absolute atomic E-state index is 0.143. The number of aromatic amines is 1. The van der Waals surface area contributed by atoms with Gasteiger partial charge in [0.05, 0.1) is 44.9 Å². The highest BCUT2D eigenvalue weighted by Crippen LogP contribution is 2.21. The number of carboxylic acids is 3. The summed E-state index contributed by atoms with van der Waals surface area (Å²) in [5.74, 6) is -5.32. The van der Waals surface area contributed by atoms with Crippen LogP contribution in [0.2, 0.25) is 0 Å². The summed E-state index contributed by atoms with van der Waals surface area (Å²) in [6.07, 6.45) is 0.917. The minimum atomic E-state index is -3.55. The number of pyridine rings is 1. The van der Waals surface area contributed by atoms with Crippen LogP contribution in [0.5, 0.6) is 0 Å². The molecule has 0 saturated carbocycles. The molecule has 1 fully saturated rings. The second kappa shape index (κ2) is 20.9. The van der Waals surface area contributed by atoms with E-state index in [1.165, 1.54) is 15.9 Å². The SMILES string of the molecule is Cc1cc(NC(=O)CN(CCN2CCOCCN(CCN(CC(=O)O)CC(=O)NC(CSS(C)(=O)=O)C(=O)O)CC2)CC(=O)O)cc2[nH]c(=O)ccc12. The van der Waals surface area contributed by atoms with Gasteiger partial charge in [-0.2, -0.15) is 0 Å². The largest absolute Gasteiger partial charge is 0.480 e. The summed E-state index contributed by atoms with van der Waals surface area (Å²) in [4.78, 5) is 81.9. The zero-order valence-corrected chi connectivity index (χ0v) is 31.2. The number of aliphatic carboxylic acids is 3. The van der Waals surface area contributed by atoms with Crippen LogP contribution in [0.4, 0.5) is 5.69 Å². The van der Waals surface area contributed by atoms with E-state index in [2.05, 4.69) is 20.5 Å². The van der Waals surface area contributed by atoms with E-state index in [0.717, 1.165) is 17.2 Å². The molecule has 2 heterocycles. The average molecular weight is 786 g/mol. The molecule has 1 saturated heterocycles. The Kier molecular flexibility index (Phi) is 17.1. The third-order valence-electron chi connectivity index (χ3n) is 8.17. The van der Waals surface area contributed by atoms with Crippen LogP contribution in [-0.4, -0.2) is 188 Å². The monoisotopic (exact) mass is 785 g/mol. The fourth-order valence-electron chi connectivity index (χ4n) is 5.56. The molecule has 0 aliphatic carbocycles. The van der Waals surface area contributed by atoms with Gasteiger partial charge in [-0.15, -0.1) is 0 Å². The Hall–Kier alpha value is -4.12. The highest BCUT2D eigenvalue weighted by Gasteiger charge is 2.25. The van der Waals surface area contributed by atoms with Crippen LogP contribution in [0.15, 0.2) is 29.1 Å². The summed E-state index contributed by atoms with van der Waals surface area (Å²) in [6.45, 7) is 4.45. The van der Waals surface area contributed by atoms with Crippen LogP contribution in [0, 0.1) is 6.92 Å². The maximum absolute atomic E-state index is 13.0. The van der Waals surface area contributed by atoms with E-state index in [0.29, 0.717) is 74.5 Å². The summed E-state index contributed by atoms with van der Waals surface area (Å²) in [6, 6.07) is 5.04.